The molecule has 2 aromatic rings. The Morgan fingerprint density at radius 1 is 1.08 bits per heavy atom. The summed E-state index contributed by atoms with van der Waals surface area (Å²) in [7, 11) is 1.65. The minimum absolute atomic E-state index is 0.127. The van der Waals surface area contributed by atoms with Gasteiger partial charge >= 0.3 is 0 Å². The molecule has 1 aromatic carbocycles. The summed E-state index contributed by atoms with van der Waals surface area (Å²) in [5.74, 6) is 0.361. The van der Waals surface area contributed by atoms with E-state index in [1.807, 2.05) is 35.4 Å². The molecule has 0 radical (unpaired) electrons. The number of hydrogen-bond donors (Lipinski definition) is 0. The SMILES string of the molecule is CO[C@@H]1C(=O)N(Cc2ccccc2)[C@@H]2CN(Cc3cccnc3)C[C@H]12. The summed E-state index contributed by atoms with van der Waals surface area (Å²) in [6, 6.07) is 14.5. The molecule has 2 fully saturated rings. The first-order chi connectivity index (χ1) is 12.3. The second-order valence-corrected chi connectivity index (χ2v) is 6.89. The van der Waals surface area contributed by atoms with Crippen LogP contribution in [0.1, 0.15) is 11.1 Å². The largest absolute Gasteiger partial charge is 0.371 e. The predicted molar refractivity (Wildman–Crippen MR) is 94.6 cm³/mol. The van der Waals surface area contributed by atoms with E-state index in [1.165, 1.54) is 5.56 Å². The molecule has 25 heavy (non-hydrogen) atoms. The molecule has 0 unspecified atom stereocenters. The van der Waals surface area contributed by atoms with Crippen LogP contribution in [0.25, 0.3) is 0 Å². The molecule has 1 amide bonds. The topological polar surface area (TPSA) is 45.7 Å². The fraction of sp³-hybridized carbons (Fsp3) is 0.400. The van der Waals surface area contributed by atoms with Gasteiger partial charge in [-0.15, -0.1) is 0 Å². The number of hydrogen-bond acceptors (Lipinski definition) is 4. The average molecular weight is 337 g/mol. The van der Waals surface area contributed by atoms with Crippen LogP contribution in [0.2, 0.25) is 0 Å². The van der Waals surface area contributed by atoms with Crippen molar-refractivity contribution in [3.05, 3.63) is 66.0 Å². The molecule has 2 aliphatic rings. The Hall–Kier alpha value is -2.24. The first-order valence-electron chi connectivity index (χ1n) is 8.74. The highest BCUT2D eigenvalue weighted by Crippen LogP contribution is 2.35. The lowest BCUT2D eigenvalue weighted by Crippen LogP contribution is -2.38. The minimum Gasteiger partial charge on any atom is -0.371 e. The van der Waals surface area contributed by atoms with Crippen molar-refractivity contribution in [2.45, 2.75) is 25.2 Å². The summed E-state index contributed by atoms with van der Waals surface area (Å²) in [4.78, 5) is 21.4. The quantitative estimate of drug-likeness (QED) is 0.836. The first kappa shape index (κ1) is 16.2. The van der Waals surface area contributed by atoms with E-state index in [2.05, 4.69) is 28.1 Å². The third-order valence-electron chi connectivity index (χ3n) is 5.30. The van der Waals surface area contributed by atoms with Gasteiger partial charge in [-0.25, -0.2) is 0 Å². The summed E-state index contributed by atoms with van der Waals surface area (Å²) < 4.78 is 5.57. The second-order valence-electron chi connectivity index (χ2n) is 6.89. The number of fused-ring (bicyclic) bond motifs is 1. The Balaban J connectivity index is 1.50. The molecule has 0 N–H and O–H groups in total. The van der Waals surface area contributed by atoms with Gasteiger partial charge in [0.15, 0.2) is 0 Å². The number of benzene rings is 1. The van der Waals surface area contributed by atoms with Crippen molar-refractivity contribution in [1.82, 2.24) is 14.8 Å². The van der Waals surface area contributed by atoms with Gasteiger partial charge in [0, 0.05) is 51.6 Å². The number of carbonyl (C=O) groups is 1. The van der Waals surface area contributed by atoms with Gasteiger partial charge in [0.1, 0.15) is 6.10 Å². The van der Waals surface area contributed by atoms with Crippen LogP contribution in [-0.4, -0.2) is 53.0 Å². The predicted octanol–water partition coefficient (Wildman–Crippen LogP) is 1.94. The van der Waals surface area contributed by atoms with Crippen molar-refractivity contribution in [3.8, 4) is 0 Å². The van der Waals surface area contributed by atoms with Crippen LogP contribution in [0.15, 0.2) is 54.9 Å². The molecule has 0 bridgehead atoms. The van der Waals surface area contributed by atoms with Gasteiger partial charge in [0.2, 0.25) is 0 Å². The normalized spacial score (nSPS) is 26.2. The number of likely N-dealkylation sites (tertiary alicyclic amines) is 2. The van der Waals surface area contributed by atoms with Gasteiger partial charge < -0.3 is 9.64 Å². The van der Waals surface area contributed by atoms with E-state index in [4.69, 9.17) is 4.74 Å². The van der Waals surface area contributed by atoms with Crippen LogP contribution in [-0.2, 0) is 22.6 Å². The maximum absolute atomic E-state index is 12.8. The third-order valence-corrected chi connectivity index (χ3v) is 5.30. The summed E-state index contributed by atoms with van der Waals surface area (Å²) in [6.45, 7) is 3.29. The standard InChI is InChI=1S/C20H23N3O2/c1-25-19-17-13-22(11-16-8-5-9-21-10-16)14-18(17)23(20(19)24)12-15-6-3-2-4-7-15/h2-10,17-19H,11-14H2,1H3/t17-,18+,19-/m0/s1. The van der Waals surface area contributed by atoms with Crippen molar-refractivity contribution in [2.24, 2.45) is 5.92 Å². The van der Waals surface area contributed by atoms with Crippen LogP contribution in [0.4, 0.5) is 0 Å². The smallest absolute Gasteiger partial charge is 0.252 e. The number of rotatable bonds is 5. The molecule has 3 atom stereocenters. The molecule has 4 rings (SSSR count). The zero-order chi connectivity index (χ0) is 17.2. The lowest BCUT2D eigenvalue weighted by atomic mass is 10.0. The molecule has 1 aromatic heterocycles. The van der Waals surface area contributed by atoms with Gasteiger partial charge in [-0.3, -0.25) is 14.7 Å². The van der Waals surface area contributed by atoms with Crippen LogP contribution in [0.5, 0.6) is 0 Å². The van der Waals surface area contributed by atoms with Crippen molar-refractivity contribution in [1.29, 1.82) is 0 Å². The van der Waals surface area contributed by atoms with Gasteiger partial charge in [-0.05, 0) is 17.2 Å². The summed E-state index contributed by atoms with van der Waals surface area (Å²) in [5, 5.41) is 0. The molecule has 0 aliphatic carbocycles. The zero-order valence-electron chi connectivity index (χ0n) is 14.4. The number of carbonyl (C=O) groups excluding carboxylic acids is 1. The van der Waals surface area contributed by atoms with Crippen molar-refractivity contribution < 1.29 is 9.53 Å². The summed E-state index contributed by atoms with van der Waals surface area (Å²) >= 11 is 0. The fourth-order valence-electron chi connectivity index (χ4n) is 4.16. The van der Waals surface area contributed by atoms with Gasteiger partial charge in [0.05, 0.1) is 6.04 Å². The molecule has 5 heteroatoms. The van der Waals surface area contributed by atoms with Crippen molar-refractivity contribution in [3.63, 3.8) is 0 Å². The maximum atomic E-state index is 12.8. The number of nitrogens with zero attached hydrogens (tertiary/aromatic N) is 3. The number of amides is 1. The van der Waals surface area contributed by atoms with Crippen LogP contribution >= 0.6 is 0 Å². The molecule has 0 spiro atoms. The number of aromatic nitrogens is 1. The number of methoxy groups -OCH3 is 1. The molecule has 0 saturated carbocycles. The fourth-order valence-corrected chi connectivity index (χ4v) is 4.16. The molecule has 5 nitrogen and oxygen atoms in total. The maximum Gasteiger partial charge on any atom is 0.252 e. The van der Waals surface area contributed by atoms with E-state index < -0.39 is 0 Å². The van der Waals surface area contributed by atoms with Crippen LogP contribution < -0.4 is 0 Å². The van der Waals surface area contributed by atoms with Crippen LogP contribution in [0, 0.1) is 5.92 Å². The van der Waals surface area contributed by atoms with Crippen molar-refractivity contribution in [2.75, 3.05) is 20.2 Å². The van der Waals surface area contributed by atoms with E-state index in [0.717, 1.165) is 25.2 Å². The molecular formula is C20H23N3O2. The molecule has 2 saturated heterocycles. The highest BCUT2D eigenvalue weighted by Gasteiger charge is 2.52. The Morgan fingerprint density at radius 2 is 1.88 bits per heavy atom. The zero-order valence-corrected chi connectivity index (χ0v) is 14.4. The number of ether oxygens (including phenoxy) is 1. The van der Waals surface area contributed by atoms with Gasteiger partial charge in [-0.2, -0.15) is 0 Å². The third kappa shape index (κ3) is 3.17. The van der Waals surface area contributed by atoms with E-state index in [-0.39, 0.29) is 24.0 Å². The molecular weight excluding hydrogens is 314 g/mol. The Bertz CT molecular complexity index is 722. The highest BCUT2D eigenvalue weighted by atomic mass is 16.5. The van der Waals surface area contributed by atoms with E-state index in [1.54, 1.807) is 13.3 Å². The van der Waals surface area contributed by atoms with E-state index >= 15 is 0 Å². The molecule has 130 valence electrons. The van der Waals surface area contributed by atoms with E-state index in [9.17, 15) is 4.79 Å². The van der Waals surface area contributed by atoms with Gasteiger partial charge in [0.25, 0.3) is 5.91 Å². The Morgan fingerprint density at radius 3 is 2.60 bits per heavy atom. The molecule has 2 aliphatic heterocycles. The Labute approximate surface area is 148 Å². The summed E-state index contributed by atoms with van der Waals surface area (Å²) in [5.41, 5.74) is 2.37. The summed E-state index contributed by atoms with van der Waals surface area (Å²) in [6.07, 6.45) is 3.38. The molecule has 3 heterocycles. The van der Waals surface area contributed by atoms with E-state index in [0.29, 0.717) is 6.54 Å². The Kier molecular flexibility index (Phi) is 4.51. The van der Waals surface area contributed by atoms with Crippen LogP contribution in [0.3, 0.4) is 0 Å². The minimum atomic E-state index is -0.326. The highest BCUT2D eigenvalue weighted by molar-refractivity contribution is 5.84. The lowest BCUT2D eigenvalue weighted by Gasteiger charge is -2.25. The monoisotopic (exact) mass is 337 g/mol. The lowest BCUT2D eigenvalue weighted by molar-refractivity contribution is -0.138. The first-order valence-corrected chi connectivity index (χ1v) is 8.74. The number of pyridine rings is 1. The average Bonchev–Trinajstić information content (AvgIpc) is 3.14. The van der Waals surface area contributed by atoms with Crippen molar-refractivity contribution >= 4 is 5.91 Å². The second kappa shape index (κ2) is 6.94. The van der Waals surface area contributed by atoms with Gasteiger partial charge in [-0.1, -0.05) is 36.4 Å².